The number of hydrogen-bond acceptors (Lipinski definition) is 4. The van der Waals surface area contributed by atoms with Crippen molar-refractivity contribution in [2.75, 3.05) is 0 Å². The van der Waals surface area contributed by atoms with E-state index in [1.165, 1.54) is 0 Å². The van der Waals surface area contributed by atoms with Crippen molar-refractivity contribution in [1.29, 1.82) is 15.8 Å². The summed E-state index contributed by atoms with van der Waals surface area (Å²) in [6.45, 7) is 6.64. The first kappa shape index (κ1) is 20.2. The molecule has 3 rings (SSSR count). The van der Waals surface area contributed by atoms with Crippen molar-refractivity contribution in [3.8, 4) is 18.2 Å². The molecule has 0 fully saturated rings. The van der Waals surface area contributed by atoms with Crippen LogP contribution in [0.1, 0.15) is 45.1 Å². The maximum atomic E-state index is 10.1. The molecular formula is C23H23BrN4. The molecule has 0 aliphatic heterocycles. The topological polar surface area (TPSA) is 97.4 Å². The molecule has 1 aromatic carbocycles. The molecule has 28 heavy (non-hydrogen) atoms. The first-order chi connectivity index (χ1) is 13.2. The average Bonchev–Trinajstić information content (AvgIpc) is 2.66. The van der Waals surface area contributed by atoms with Gasteiger partial charge in [-0.05, 0) is 53.4 Å². The molecule has 0 amide bonds. The van der Waals surface area contributed by atoms with Crippen LogP contribution < -0.4 is 5.73 Å². The van der Waals surface area contributed by atoms with E-state index >= 15 is 0 Å². The highest BCUT2D eigenvalue weighted by Gasteiger charge is 2.55. The maximum Gasteiger partial charge on any atom is 0.191 e. The fourth-order valence-corrected chi connectivity index (χ4v) is 5.09. The summed E-state index contributed by atoms with van der Waals surface area (Å²) >= 11 is 3.51. The lowest BCUT2D eigenvalue weighted by Crippen LogP contribution is -2.44. The Morgan fingerprint density at radius 2 is 1.86 bits per heavy atom. The minimum atomic E-state index is -1.56. The van der Waals surface area contributed by atoms with Crippen molar-refractivity contribution < 1.29 is 0 Å². The van der Waals surface area contributed by atoms with E-state index in [9.17, 15) is 15.8 Å². The van der Waals surface area contributed by atoms with Crippen molar-refractivity contribution in [2.45, 2.75) is 39.5 Å². The average molecular weight is 435 g/mol. The third kappa shape index (κ3) is 3.03. The largest absolute Gasteiger partial charge is 0.399 e. The highest BCUT2D eigenvalue weighted by Crippen LogP contribution is 2.58. The van der Waals surface area contributed by atoms with Gasteiger partial charge in [0.2, 0.25) is 0 Å². The summed E-state index contributed by atoms with van der Waals surface area (Å²) in [6, 6.07) is 14.3. The zero-order valence-corrected chi connectivity index (χ0v) is 17.9. The van der Waals surface area contributed by atoms with E-state index in [1.54, 1.807) is 0 Å². The third-order valence-electron chi connectivity index (χ3n) is 6.31. The van der Waals surface area contributed by atoms with Gasteiger partial charge in [-0.2, -0.15) is 15.8 Å². The van der Waals surface area contributed by atoms with Gasteiger partial charge in [-0.1, -0.05) is 54.9 Å². The Hall–Kier alpha value is -2.55. The number of nitrogens with zero attached hydrogens (tertiary/aromatic N) is 3. The van der Waals surface area contributed by atoms with Crippen molar-refractivity contribution in [1.82, 2.24) is 0 Å². The van der Waals surface area contributed by atoms with Crippen LogP contribution >= 0.6 is 15.9 Å². The van der Waals surface area contributed by atoms with Crippen LogP contribution in [0, 0.1) is 56.7 Å². The standard InChI is InChI=1S/C23H23BrN4/c1-22(2,3)15-7-8-17-18(10-15)20(14-5-4-6-16(24)9-14)23(12-26,13-27)21(28)19(17)11-25/h4-6,8-9,15,18,20H,7,10,28H2,1-3H3/t15-,18+,20+/m1/s1. The summed E-state index contributed by atoms with van der Waals surface area (Å²) < 4.78 is 0.886. The first-order valence-corrected chi connectivity index (χ1v) is 10.2. The first-order valence-electron chi connectivity index (χ1n) is 9.38. The number of halogens is 1. The van der Waals surface area contributed by atoms with Crippen LogP contribution in [0.25, 0.3) is 0 Å². The molecule has 2 aliphatic carbocycles. The molecule has 2 aliphatic rings. The molecule has 1 aromatic rings. The number of fused-ring (bicyclic) bond motifs is 1. The Kier molecular flexibility index (Phi) is 5.14. The maximum absolute atomic E-state index is 10.1. The number of allylic oxidation sites excluding steroid dienone is 4. The van der Waals surface area contributed by atoms with Gasteiger partial charge in [0.05, 0.1) is 23.4 Å². The van der Waals surface area contributed by atoms with Crippen molar-refractivity contribution >= 4 is 15.9 Å². The molecule has 0 radical (unpaired) electrons. The van der Waals surface area contributed by atoms with Gasteiger partial charge in [0.25, 0.3) is 0 Å². The summed E-state index contributed by atoms with van der Waals surface area (Å²) in [5, 5.41) is 30.0. The SMILES string of the molecule is CC(C)(C)[C@@H]1CC=C2C(C#N)=C(N)C(C#N)(C#N)[C@@H](c3cccc(Br)c3)[C@H]2C1. The van der Waals surface area contributed by atoms with Gasteiger partial charge in [-0.25, -0.2) is 0 Å². The Morgan fingerprint density at radius 1 is 1.18 bits per heavy atom. The molecule has 0 aromatic heterocycles. The smallest absolute Gasteiger partial charge is 0.191 e. The van der Waals surface area contributed by atoms with Gasteiger partial charge >= 0.3 is 0 Å². The Balaban J connectivity index is 2.31. The minimum Gasteiger partial charge on any atom is -0.399 e. The monoisotopic (exact) mass is 434 g/mol. The lowest BCUT2D eigenvalue weighted by atomic mass is 9.54. The summed E-state index contributed by atoms with van der Waals surface area (Å²) in [5.41, 5.74) is 7.05. The van der Waals surface area contributed by atoms with E-state index in [0.29, 0.717) is 11.5 Å². The van der Waals surface area contributed by atoms with Crippen LogP contribution in [0.2, 0.25) is 0 Å². The molecule has 3 atom stereocenters. The Morgan fingerprint density at radius 3 is 2.39 bits per heavy atom. The van der Waals surface area contributed by atoms with Gasteiger partial charge in [-0.3, -0.25) is 0 Å². The summed E-state index contributed by atoms with van der Waals surface area (Å²) in [4.78, 5) is 0. The van der Waals surface area contributed by atoms with Crippen molar-refractivity contribution in [3.63, 3.8) is 0 Å². The number of nitrogens with two attached hydrogens (primary N) is 1. The Labute approximate surface area is 175 Å². The van der Waals surface area contributed by atoms with Crippen LogP contribution in [-0.2, 0) is 0 Å². The number of hydrogen-bond donors (Lipinski definition) is 1. The zero-order chi connectivity index (χ0) is 20.7. The Bertz CT molecular complexity index is 977. The van der Waals surface area contributed by atoms with Crippen LogP contribution in [0.3, 0.4) is 0 Å². The summed E-state index contributed by atoms with van der Waals surface area (Å²) in [6.07, 6.45) is 3.79. The predicted octanol–water partition coefficient (Wildman–Crippen LogP) is 5.31. The van der Waals surface area contributed by atoms with Crippen molar-refractivity contribution in [2.24, 2.45) is 28.4 Å². The molecule has 0 unspecified atom stereocenters. The molecular weight excluding hydrogens is 412 g/mol. The lowest BCUT2D eigenvalue weighted by Gasteiger charge is -2.47. The van der Waals surface area contributed by atoms with E-state index in [2.05, 4.69) is 61.0 Å². The zero-order valence-electron chi connectivity index (χ0n) is 16.3. The minimum absolute atomic E-state index is 0.0849. The quantitative estimate of drug-likeness (QED) is 0.646. The number of benzene rings is 1. The molecule has 0 bridgehead atoms. The van der Waals surface area contributed by atoms with Gasteiger partial charge in [0.15, 0.2) is 5.41 Å². The van der Waals surface area contributed by atoms with Crippen LogP contribution in [0.4, 0.5) is 0 Å². The molecule has 4 nitrogen and oxygen atoms in total. The fraction of sp³-hybridized carbons (Fsp3) is 0.435. The van der Waals surface area contributed by atoms with Crippen LogP contribution in [0.5, 0.6) is 0 Å². The van der Waals surface area contributed by atoms with E-state index in [1.807, 2.05) is 24.3 Å². The summed E-state index contributed by atoms with van der Waals surface area (Å²) in [7, 11) is 0. The van der Waals surface area contributed by atoms with Crippen molar-refractivity contribution in [3.05, 3.63) is 57.2 Å². The van der Waals surface area contributed by atoms with Gasteiger partial charge in [0, 0.05) is 10.4 Å². The molecule has 0 saturated heterocycles. The van der Waals surface area contributed by atoms with Gasteiger partial charge in [-0.15, -0.1) is 0 Å². The molecule has 142 valence electrons. The summed E-state index contributed by atoms with van der Waals surface area (Å²) in [5.74, 6) is -0.132. The van der Waals surface area contributed by atoms with E-state index in [0.717, 1.165) is 28.5 Å². The second kappa shape index (κ2) is 7.12. The number of rotatable bonds is 1. The highest BCUT2D eigenvalue weighted by molar-refractivity contribution is 9.10. The van der Waals surface area contributed by atoms with Crippen LogP contribution in [-0.4, -0.2) is 0 Å². The normalized spacial score (nSPS) is 26.3. The highest BCUT2D eigenvalue weighted by atomic mass is 79.9. The van der Waals surface area contributed by atoms with Crippen LogP contribution in [0.15, 0.2) is 51.7 Å². The van der Waals surface area contributed by atoms with Gasteiger partial charge in [0.1, 0.15) is 6.07 Å². The molecule has 0 heterocycles. The molecule has 0 spiro atoms. The van der Waals surface area contributed by atoms with Gasteiger partial charge < -0.3 is 5.73 Å². The predicted molar refractivity (Wildman–Crippen MR) is 111 cm³/mol. The third-order valence-corrected chi connectivity index (χ3v) is 6.80. The molecule has 5 heteroatoms. The van der Waals surface area contributed by atoms with E-state index < -0.39 is 11.3 Å². The van der Waals surface area contributed by atoms with E-state index in [4.69, 9.17) is 5.73 Å². The van der Waals surface area contributed by atoms with E-state index in [-0.39, 0.29) is 17.0 Å². The second-order valence-corrected chi connectivity index (χ2v) is 9.68. The fourth-order valence-electron chi connectivity index (χ4n) is 4.67. The molecule has 2 N–H and O–H groups in total. The molecule has 0 saturated carbocycles. The lowest BCUT2D eigenvalue weighted by molar-refractivity contribution is 0.170. The number of nitriles is 3. The second-order valence-electron chi connectivity index (χ2n) is 8.77.